The van der Waals surface area contributed by atoms with Gasteiger partial charge in [0.2, 0.25) is 0 Å². The van der Waals surface area contributed by atoms with Gasteiger partial charge in [0, 0.05) is 33.0 Å². The van der Waals surface area contributed by atoms with Crippen LogP contribution in [0.2, 0.25) is 5.02 Å². The molecule has 0 atom stereocenters. The third-order valence-electron chi connectivity index (χ3n) is 3.63. The average molecular weight is 313 g/mol. The van der Waals surface area contributed by atoms with Crippen LogP contribution in [0.4, 0.5) is 11.4 Å². The summed E-state index contributed by atoms with van der Waals surface area (Å²) in [4.78, 5) is 0. The van der Waals surface area contributed by atoms with Crippen molar-refractivity contribution in [3.05, 3.63) is 59.3 Å². The first-order chi connectivity index (χ1) is 10.6. The second kappa shape index (κ2) is 5.73. The Morgan fingerprint density at radius 3 is 2.91 bits per heavy atom. The molecule has 3 aromatic rings. The number of benzene rings is 2. The summed E-state index contributed by atoms with van der Waals surface area (Å²) in [7, 11) is 0. The number of fused-ring (bicyclic) bond motifs is 1. The van der Waals surface area contributed by atoms with Gasteiger partial charge < -0.3 is 11.1 Å². The topological polar surface area (TPSA) is 66.7 Å². The summed E-state index contributed by atoms with van der Waals surface area (Å²) < 4.78 is 0. The minimum atomic E-state index is 0.672. The van der Waals surface area contributed by atoms with Crippen molar-refractivity contribution in [1.29, 1.82) is 0 Å². The summed E-state index contributed by atoms with van der Waals surface area (Å²) in [6.07, 6.45) is 2.65. The number of halogens is 1. The number of hydrogen-bond donors (Lipinski definition) is 3. The smallest absolute Gasteiger partial charge is 0.0744 e. The maximum absolute atomic E-state index is 6.26. The molecule has 4 N–H and O–H groups in total. The monoisotopic (exact) mass is 312 g/mol. The van der Waals surface area contributed by atoms with E-state index in [0.29, 0.717) is 5.69 Å². The van der Waals surface area contributed by atoms with E-state index < -0.39 is 0 Å². The molecule has 0 spiro atoms. The summed E-state index contributed by atoms with van der Waals surface area (Å²) in [5.74, 6) is 0. The highest BCUT2D eigenvalue weighted by molar-refractivity contribution is 6.31. The Labute approximate surface area is 134 Å². The number of aryl methyl sites for hydroxylation is 1. The number of nitrogen functional groups attached to an aromatic ring is 1. The van der Waals surface area contributed by atoms with Crippen LogP contribution in [0.5, 0.6) is 0 Å². The molecule has 0 unspecified atom stereocenters. The number of hydrogen-bond acceptors (Lipinski definition) is 3. The molecule has 1 aromatic heterocycles. The van der Waals surface area contributed by atoms with Gasteiger partial charge in [0.25, 0.3) is 0 Å². The minimum absolute atomic E-state index is 0.672. The molecule has 4 nitrogen and oxygen atoms in total. The van der Waals surface area contributed by atoms with Gasteiger partial charge in [0.15, 0.2) is 0 Å². The van der Waals surface area contributed by atoms with Gasteiger partial charge in [-0.2, -0.15) is 5.10 Å². The lowest BCUT2D eigenvalue weighted by molar-refractivity contribution is 1.12. The Bertz CT molecular complexity index is 851. The van der Waals surface area contributed by atoms with E-state index in [0.717, 1.165) is 44.9 Å². The number of nitrogens with two attached hydrogens (primary N) is 1. The lowest BCUT2D eigenvalue weighted by Gasteiger charge is -2.13. The molecular weight excluding hydrogens is 296 g/mol. The zero-order chi connectivity index (χ0) is 15.7. The van der Waals surface area contributed by atoms with Crippen molar-refractivity contribution in [1.82, 2.24) is 10.2 Å². The molecule has 5 heteroatoms. The van der Waals surface area contributed by atoms with Crippen LogP contribution in [0.25, 0.3) is 16.6 Å². The van der Waals surface area contributed by atoms with E-state index in [4.69, 9.17) is 17.3 Å². The summed E-state index contributed by atoms with van der Waals surface area (Å²) >= 11 is 6.26. The van der Waals surface area contributed by atoms with Gasteiger partial charge in [0.1, 0.15) is 0 Å². The number of nitrogens with zero attached hydrogens (tertiary/aromatic N) is 1. The average Bonchev–Trinajstić information content (AvgIpc) is 2.94. The van der Waals surface area contributed by atoms with Crippen LogP contribution in [0.15, 0.2) is 43.1 Å². The number of aromatic amines is 1. The highest BCUT2D eigenvalue weighted by Crippen LogP contribution is 2.28. The lowest BCUT2D eigenvalue weighted by Crippen LogP contribution is -2.00. The van der Waals surface area contributed by atoms with Crippen LogP contribution in [0.1, 0.15) is 18.1 Å². The van der Waals surface area contributed by atoms with Crippen molar-refractivity contribution in [2.45, 2.75) is 13.3 Å². The maximum atomic E-state index is 6.26. The summed E-state index contributed by atoms with van der Waals surface area (Å²) in [5, 5.41) is 12.0. The predicted molar refractivity (Wildman–Crippen MR) is 94.0 cm³/mol. The molecule has 0 aliphatic heterocycles. The molecule has 0 aliphatic carbocycles. The van der Waals surface area contributed by atoms with Crippen molar-refractivity contribution in [2.75, 3.05) is 11.1 Å². The second-order valence-corrected chi connectivity index (χ2v) is 5.57. The Hall–Kier alpha value is -2.46. The molecular formula is C17H17ClN4. The molecule has 112 valence electrons. The fourth-order valence-electron chi connectivity index (χ4n) is 2.47. The third-order valence-corrected chi connectivity index (χ3v) is 3.98. The molecule has 0 fully saturated rings. The highest BCUT2D eigenvalue weighted by Gasteiger charge is 2.09. The number of H-pyrrole nitrogens is 1. The van der Waals surface area contributed by atoms with Crippen molar-refractivity contribution < 1.29 is 0 Å². The third kappa shape index (κ3) is 2.65. The van der Waals surface area contributed by atoms with E-state index in [2.05, 4.69) is 29.0 Å². The SMILES string of the molecule is C=C(Nc1ccc(CC)c(Cl)c1)c1cc(N)cc2cn[nH]c12. The zero-order valence-corrected chi connectivity index (χ0v) is 13.0. The summed E-state index contributed by atoms with van der Waals surface area (Å²) in [6.45, 7) is 6.18. The zero-order valence-electron chi connectivity index (χ0n) is 12.3. The molecule has 2 aromatic carbocycles. The van der Waals surface area contributed by atoms with Crippen molar-refractivity contribution >= 4 is 39.6 Å². The van der Waals surface area contributed by atoms with Gasteiger partial charge in [-0.1, -0.05) is 31.2 Å². The molecule has 0 aliphatic rings. The lowest BCUT2D eigenvalue weighted by atomic mass is 10.1. The second-order valence-electron chi connectivity index (χ2n) is 5.17. The molecule has 0 saturated carbocycles. The van der Waals surface area contributed by atoms with Gasteiger partial charge >= 0.3 is 0 Å². The van der Waals surface area contributed by atoms with Crippen molar-refractivity contribution in [3.8, 4) is 0 Å². The van der Waals surface area contributed by atoms with Crippen molar-refractivity contribution in [3.63, 3.8) is 0 Å². The van der Waals surface area contributed by atoms with E-state index in [1.807, 2.05) is 30.3 Å². The molecule has 0 radical (unpaired) electrons. The van der Waals surface area contributed by atoms with Crippen LogP contribution in [-0.4, -0.2) is 10.2 Å². The van der Waals surface area contributed by atoms with Gasteiger partial charge in [-0.05, 0) is 36.2 Å². The van der Waals surface area contributed by atoms with Crippen LogP contribution in [0.3, 0.4) is 0 Å². The number of nitrogens with one attached hydrogen (secondary N) is 2. The fraction of sp³-hybridized carbons (Fsp3) is 0.118. The molecule has 0 amide bonds. The predicted octanol–water partition coefficient (Wildman–Crippen LogP) is 4.44. The Morgan fingerprint density at radius 2 is 2.18 bits per heavy atom. The largest absolute Gasteiger partial charge is 0.399 e. The highest BCUT2D eigenvalue weighted by atomic mass is 35.5. The van der Waals surface area contributed by atoms with Gasteiger partial charge in [0.05, 0.1) is 11.7 Å². The van der Waals surface area contributed by atoms with Crippen LogP contribution >= 0.6 is 11.6 Å². The van der Waals surface area contributed by atoms with Crippen LogP contribution in [0, 0.1) is 0 Å². The van der Waals surface area contributed by atoms with E-state index in [-0.39, 0.29) is 0 Å². The molecule has 3 rings (SSSR count). The van der Waals surface area contributed by atoms with Gasteiger partial charge in [-0.25, -0.2) is 0 Å². The fourth-order valence-corrected chi connectivity index (χ4v) is 2.79. The first-order valence-corrected chi connectivity index (χ1v) is 7.43. The first kappa shape index (κ1) is 14.5. The van der Waals surface area contributed by atoms with Crippen LogP contribution < -0.4 is 11.1 Å². The van der Waals surface area contributed by atoms with Gasteiger partial charge in [-0.3, -0.25) is 5.10 Å². The van der Waals surface area contributed by atoms with E-state index in [9.17, 15) is 0 Å². The normalized spacial score (nSPS) is 10.8. The van der Waals surface area contributed by atoms with E-state index in [1.165, 1.54) is 0 Å². The first-order valence-electron chi connectivity index (χ1n) is 7.06. The summed E-state index contributed by atoms with van der Waals surface area (Å²) in [6, 6.07) is 9.66. The summed E-state index contributed by atoms with van der Waals surface area (Å²) in [5.41, 5.74) is 11.2. The molecule has 1 heterocycles. The van der Waals surface area contributed by atoms with E-state index >= 15 is 0 Å². The maximum Gasteiger partial charge on any atom is 0.0744 e. The quantitative estimate of drug-likeness (QED) is 0.624. The van der Waals surface area contributed by atoms with Gasteiger partial charge in [-0.15, -0.1) is 0 Å². The van der Waals surface area contributed by atoms with Crippen LogP contribution in [-0.2, 0) is 6.42 Å². The number of rotatable bonds is 4. The molecule has 0 bridgehead atoms. The Kier molecular flexibility index (Phi) is 3.77. The Morgan fingerprint density at radius 1 is 1.36 bits per heavy atom. The number of anilines is 2. The number of aromatic nitrogens is 2. The minimum Gasteiger partial charge on any atom is -0.399 e. The van der Waals surface area contributed by atoms with E-state index in [1.54, 1.807) is 6.20 Å². The Balaban J connectivity index is 1.93. The van der Waals surface area contributed by atoms with Crippen molar-refractivity contribution in [2.24, 2.45) is 0 Å². The standard InChI is InChI=1S/C17H17ClN4/c1-3-11-4-5-14(8-16(11)18)21-10(2)15-7-13(19)6-12-9-20-22-17(12)15/h4-9,21H,2-3,19H2,1H3,(H,20,22). The molecule has 0 saturated heterocycles. The molecule has 22 heavy (non-hydrogen) atoms.